The molecule has 0 unspecified atom stereocenters. The smallest absolute Gasteiger partial charge is 0.192 e. The third-order valence-corrected chi connectivity index (χ3v) is 3.03. The van der Waals surface area contributed by atoms with Crippen molar-refractivity contribution < 1.29 is 0 Å². The lowest BCUT2D eigenvalue weighted by Gasteiger charge is -2.08. The number of fused-ring (bicyclic) bond motifs is 1. The maximum atomic E-state index is 5.24. The third-order valence-electron chi connectivity index (χ3n) is 3.03. The van der Waals surface area contributed by atoms with Crippen molar-refractivity contribution in [1.29, 1.82) is 0 Å². The molecule has 0 saturated heterocycles. The quantitative estimate of drug-likeness (QED) is 0.441. The van der Waals surface area contributed by atoms with E-state index in [4.69, 9.17) is 6.42 Å². The van der Waals surface area contributed by atoms with Crippen LogP contribution in [0.1, 0.15) is 12.5 Å². The number of nitrogens with one attached hydrogen (secondary N) is 3. The Bertz CT molecular complexity index is 619. The fourth-order valence-electron chi connectivity index (χ4n) is 2.10. The molecule has 104 valence electrons. The van der Waals surface area contributed by atoms with Crippen molar-refractivity contribution in [2.24, 2.45) is 4.99 Å². The molecule has 1 aromatic heterocycles. The molecule has 4 heteroatoms. The van der Waals surface area contributed by atoms with E-state index >= 15 is 0 Å². The first-order valence-electron chi connectivity index (χ1n) is 6.85. The molecular formula is C16H20N4. The van der Waals surface area contributed by atoms with Gasteiger partial charge in [-0.25, -0.2) is 0 Å². The zero-order chi connectivity index (χ0) is 14.2. The Balaban J connectivity index is 1.98. The number of H-pyrrole nitrogens is 1. The van der Waals surface area contributed by atoms with Gasteiger partial charge in [-0.15, -0.1) is 6.42 Å². The van der Waals surface area contributed by atoms with Crippen LogP contribution in [0.5, 0.6) is 0 Å². The summed E-state index contributed by atoms with van der Waals surface area (Å²) in [5, 5.41) is 7.52. The monoisotopic (exact) mass is 268 g/mol. The van der Waals surface area contributed by atoms with Gasteiger partial charge in [0.15, 0.2) is 5.96 Å². The van der Waals surface area contributed by atoms with Gasteiger partial charge in [0.1, 0.15) is 0 Å². The molecule has 4 nitrogen and oxygen atoms in total. The van der Waals surface area contributed by atoms with Crippen LogP contribution in [0.3, 0.4) is 0 Å². The van der Waals surface area contributed by atoms with E-state index in [2.05, 4.69) is 50.9 Å². The van der Waals surface area contributed by atoms with E-state index in [9.17, 15) is 0 Å². The number of hydrogen-bond acceptors (Lipinski definition) is 1. The number of para-hydroxylation sites is 1. The molecule has 0 atom stereocenters. The van der Waals surface area contributed by atoms with E-state index in [1.165, 1.54) is 16.5 Å². The molecule has 0 radical (unpaired) electrons. The molecule has 0 fully saturated rings. The van der Waals surface area contributed by atoms with E-state index in [1.54, 1.807) is 0 Å². The Morgan fingerprint density at radius 1 is 1.35 bits per heavy atom. The number of aromatic nitrogens is 1. The van der Waals surface area contributed by atoms with E-state index in [-0.39, 0.29) is 0 Å². The lowest BCUT2D eigenvalue weighted by atomic mass is 10.1. The maximum absolute atomic E-state index is 5.24. The minimum atomic E-state index is 0.485. The first-order chi connectivity index (χ1) is 9.85. The van der Waals surface area contributed by atoms with Crippen molar-refractivity contribution in [3.05, 3.63) is 36.0 Å². The van der Waals surface area contributed by atoms with Gasteiger partial charge in [-0.1, -0.05) is 24.1 Å². The van der Waals surface area contributed by atoms with Gasteiger partial charge >= 0.3 is 0 Å². The van der Waals surface area contributed by atoms with Gasteiger partial charge in [0, 0.05) is 30.2 Å². The van der Waals surface area contributed by atoms with Crippen LogP contribution in [0.2, 0.25) is 0 Å². The van der Waals surface area contributed by atoms with E-state index in [0.717, 1.165) is 25.5 Å². The molecule has 3 N–H and O–H groups in total. The van der Waals surface area contributed by atoms with Crippen molar-refractivity contribution in [3.63, 3.8) is 0 Å². The summed E-state index contributed by atoms with van der Waals surface area (Å²) < 4.78 is 0. The fourth-order valence-corrected chi connectivity index (χ4v) is 2.10. The topological polar surface area (TPSA) is 52.2 Å². The van der Waals surface area contributed by atoms with Crippen LogP contribution in [-0.2, 0) is 6.42 Å². The lowest BCUT2D eigenvalue weighted by molar-refractivity contribution is 0.857. The van der Waals surface area contributed by atoms with E-state index in [1.807, 2.05) is 13.0 Å². The van der Waals surface area contributed by atoms with Crippen molar-refractivity contribution in [2.45, 2.75) is 13.3 Å². The Kier molecular flexibility index (Phi) is 5.08. The average Bonchev–Trinajstić information content (AvgIpc) is 2.88. The summed E-state index contributed by atoms with van der Waals surface area (Å²) in [6, 6.07) is 8.31. The van der Waals surface area contributed by atoms with Gasteiger partial charge in [0.05, 0.1) is 6.54 Å². The molecule has 0 aliphatic carbocycles. The molecule has 0 amide bonds. The molecule has 0 bridgehead atoms. The summed E-state index contributed by atoms with van der Waals surface area (Å²) in [4.78, 5) is 7.80. The molecule has 20 heavy (non-hydrogen) atoms. The number of hydrogen-bond donors (Lipinski definition) is 3. The summed E-state index contributed by atoms with van der Waals surface area (Å²) >= 11 is 0. The molecular weight excluding hydrogens is 248 g/mol. The molecule has 0 spiro atoms. The molecule has 1 aromatic carbocycles. The summed E-state index contributed by atoms with van der Waals surface area (Å²) in [5.74, 6) is 3.32. The summed E-state index contributed by atoms with van der Waals surface area (Å²) in [6.07, 6.45) is 8.20. The van der Waals surface area contributed by atoms with Gasteiger partial charge < -0.3 is 15.6 Å². The molecule has 2 rings (SSSR count). The second-order valence-electron chi connectivity index (χ2n) is 4.43. The zero-order valence-electron chi connectivity index (χ0n) is 11.7. The van der Waals surface area contributed by atoms with Crippen molar-refractivity contribution in [3.8, 4) is 12.3 Å². The molecule has 1 heterocycles. The standard InChI is InChI=1S/C16H20N4/c1-3-10-18-16(17-4-2)19-11-9-13-12-20-15-8-6-5-7-14(13)15/h1,5-8,12,20H,4,9-11H2,2H3,(H2,17,18,19). The summed E-state index contributed by atoms with van der Waals surface area (Å²) in [7, 11) is 0. The van der Waals surface area contributed by atoms with Crippen LogP contribution < -0.4 is 10.6 Å². The van der Waals surface area contributed by atoms with Crippen LogP contribution in [0, 0.1) is 12.3 Å². The Morgan fingerprint density at radius 2 is 2.20 bits per heavy atom. The van der Waals surface area contributed by atoms with Gasteiger partial charge in [0.25, 0.3) is 0 Å². The number of rotatable bonds is 5. The van der Waals surface area contributed by atoms with Crippen LogP contribution >= 0.6 is 0 Å². The SMILES string of the molecule is C#CCNC(=NCCc1c[nH]c2ccccc12)NCC. The number of aromatic amines is 1. The third kappa shape index (κ3) is 3.55. The van der Waals surface area contributed by atoms with E-state index in [0.29, 0.717) is 6.54 Å². The predicted molar refractivity (Wildman–Crippen MR) is 84.8 cm³/mol. The van der Waals surface area contributed by atoms with Crippen LogP contribution in [0.25, 0.3) is 10.9 Å². The molecule has 0 saturated carbocycles. The van der Waals surface area contributed by atoms with Crippen LogP contribution in [0.4, 0.5) is 0 Å². The van der Waals surface area contributed by atoms with E-state index < -0.39 is 0 Å². The highest BCUT2D eigenvalue weighted by Crippen LogP contribution is 2.17. The van der Waals surface area contributed by atoms with Gasteiger partial charge in [-0.2, -0.15) is 0 Å². The zero-order valence-corrected chi connectivity index (χ0v) is 11.7. The Labute approximate surface area is 119 Å². The number of guanidine groups is 1. The molecule has 0 aliphatic heterocycles. The Morgan fingerprint density at radius 3 is 3.00 bits per heavy atom. The molecule has 0 aliphatic rings. The number of benzene rings is 1. The number of nitrogens with zero attached hydrogens (tertiary/aromatic N) is 1. The minimum Gasteiger partial charge on any atom is -0.361 e. The first-order valence-corrected chi connectivity index (χ1v) is 6.85. The highest BCUT2D eigenvalue weighted by molar-refractivity contribution is 5.83. The maximum Gasteiger partial charge on any atom is 0.192 e. The van der Waals surface area contributed by atoms with Gasteiger partial charge in [-0.05, 0) is 25.0 Å². The minimum absolute atomic E-state index is 0.485. The summed E-state index contributed by atoms with van der Waals surface area (Å²) in [6.45, 7) is 4.07. The van der Waals surface area contributed by atoms with Crippen molar-refractivity contribution in [1.82, 2.24) is 15.6 Å². The fraction of sp³-hybridized carbons (Fsp3) is 0.312. The van der Waals surface area contributed by atoms with Crippen LogP contribution in [-0.4, -0.2) is 30.6 Å². The summed E-state index contributed by atoms with van der Waals surface area (Å²) in [5.41, 5.74) is 2.46. The second kappa shape index (κ2) is 7.25. The van der Waals surface area contributed by atoms with Gasteiger partial charge in [-0.3, -0.25) is 4.99 Å². The first kappa shape index (κ1) is 14.0. The Hall–Kier alpha value is -2.41. The highest BCUT2D eigenvalue weighted by Gasteiger charge is 2.02. The largest absolute Gasteiger partial charge is 0.361 e. The second-order valence-corrected chi connectivity index (χ2v) is 4.43. The average molecular weight is 268 g/mol. The predicted octanol–water partition coefficient (Wildman–Crippen LogP) is 1.90. The van der Waals surface area contributed by atoms with Crippen molar-refractivity contribution >= 4 is 16.9 Å². The highest BCUT2D eigenvalue weighted by atomic mass is 15.2. The molecule has 2 aromatic rings. The van der Waals surface area contributed by atoms with Crippen LogP contribution in [0.15, 0.2) is 35.5 Å². The van der Waals surface area contributed by atoms with Crippen molar-refractivity contribution in [2.75, 3.05) is 19.6 Å². The normalized spacial score (nSPS) is 11.3. The van der Waals surface area contributed by atoms with Gasteiger partial charge in [0.2, 0.25) is 0 Å². The lowest BCUT2D eigenvalue weighted by Crippen LogP contribution is -2.37. The number of terminal acetylenes is 1. The number of aliphatic imine (C=N–C) groups is 1.